The lowest BCUT2D eigenvalue weighted by atomic mass is 9.77. The van der Waals surface area contributed by atoms with Gasteiger partial charge in [0.2, 0.25) is 0 Å². The van der Waals surface area contributed by atoms with Crippen molar-refractivity contribution in [3.05, 3.63) is 234 Å². The van der Waals surface area contributed by atoms with Crippen molar-refractivity contribution in [1.82, 2.24) is 30.0 Å². The van der Waals surface area contributed by atoms with E-state index in [4.69, 9.17) is 28.8 Å². The van der Waals surface area contributed by atoms with Gasteiger partial charge >= 0.3 is 17.1 Å². The Balaban J connectivity index is 1.01. The molecule has 0 radical (unpaired) electrons. The molecule has 0 saturated carbocycles. The Morgan fingerprint density at radius 3 is 1.93 bits per heavy atom. The first-order chi connectivity index (χ1) is 36.1. The normalized spacial score (nSPS) is 15.8. The molecule has 1 fully saturated rings. The highest BCUT2D eigenvalue weighted by Crippen LogP contribution is 2.41. The predicted molar refractivity (Wildman–Crippen MR) is 277 cm³/mol. The number of ether oxygens (including phenoxy) is 4. The second kappa shape index (κ2) is 23.1. The average molecular weight is 1030 g/mol. The van der Waals surface area contributed by atoms with Crippen molar-refractivity contribution >= 4 is 51.7 Å². The van der Waals surface area contributed by atoms with Gasteiger partial charge in [-0.25, -0.2) is 14.9 Å². The number of nitrogens with zero attached hydrogens (tertiary/aromatic N) is 5. The molecule has 74 heavy (non-hydrogen) atoms. The maximum atomic E-state index is 14.7. The van der Waals surface area contributed by atoms with Crippen LogP contribution in [0, 0.1) is 0 Å². The minimum atomic E-state index is -1.28. The summed E-state index contributed by atoms with van der Waals surface area (Å²) in [7, 11) is 4.07. The Morgan fingerprint density at radius 1 is 0.838 bits per heavy atom. The molecule has 0 bridgehead atoms. The topological polar surface area (TPSA) is 218 Å². The zero-order valence-corrected chi connectivity index (χ0v) is 41.7. The number of H-pyrrole nitrogens is 1. The SMILES string of the molecule is CON=C(C(=O)NC1C(=O)N2C(C(=O)OC(c3ccccc3)c3ccccc3)=C(C=CSc3n[nH]c(=O)c(=O)n3CC(OC)OC)COC12)c1csc(NC(c2ccccc2)(c2ccccc2)c2ccccc2)n1. The standard InChI is InChI=1S/C54H48N8O10S2/c1-68-41(69-2)31-61-49(66)47(64)58-59-53(61)73-30-29-36-32-71-50-43(48(65)62(50)44(36)51(67)72-45(34-19-9-4-10-20-34)35-21-11-5-12-22-35)56-46(63)42(60-70-3)40-33-74-52(55-40)57-54(37-23-13-6-14-24-37,38-25-15-7-16-26-38)39-27-17-8-18-28-39/h4-30,33,41,43,45,50H,31-32H2,1-3H3,(H,55,57)(H,56,63)(H,58,64). The van der Waals surface area contributed by atoms with E-state index in [0.717, 1.165) is 37.9 Å². The minimum Gasteiger partial charge on any atom is -0.448 e. The van der Waals surface area contributed by atoms with Gasteiger partial charge in [-0.15, -0.1) is 16.4 Å². The van der Waals surface area contributed by atoms with Gasteiger partial charge in [0.25, 0.3) is 11.8 Å². The molecule has 2 atom stereocenters. The highest BCUT2D eigenvalue weighted by Gasteiger charge is 2.55. The highest BCUT2D eigenvalue weighted by molar-refractivity contribution is 8.02. The number of fused-ring (bicyclic) bond motifs is 1. The summed E-state index contributed by atoms with van der Waals surface area (Å²) in [6.45, 7) is -0.383. The van der Waals surface area contributed by atoms with Crippen LogP contribution in [0.1, 0.15) is 39.6 Å². The average Bonchev–Trinajstić information content (AvgIpc) is 3.92. The Bertz CT molecular complexity index is 3180. The van der Waals surface area contributed by atoms with Crippen molar-refractivity contribution in [1.29, 1.82) is 0 Å². The van der Waals surface area contributed by atoms with Crippen LogP contribution in [0.2, 0.25) is 0 Å². The van der Waals surface area contributed by atoms with E-state index in [-0.39, 0.29) is 41.0 Å². The molecule has 0 aliphatic carbocycles. The summed E-state index contributed by atoms with van der Waals surface area (Å²) < 4.78 is 24.1. The third-order valence-electron chi connectivity index (χ3n) is 12.2. The number of esters is 1. The van der Waals surface area contributed by atoms with Crippen LogP contribution >= 0.6 is 23.1 Å². The van der Waals surface area contributed by atoms with Crippen molar-refractivity contribution in [2.45, 2.75) is 41.9 Å². The van der Waals surface area contributed by atoms with Gasteiger partial charge in [0.05, 0.1) is 13.2 Å². The van der Waals surface area contributed by atoms with Crippen LogP contribution in [0.3, 0.4) is 0 Å². The van der Waals surface area contributed by atoms with Crippen molar-refractivity contribution in [3.8, 4) is 0 Å². The molecular formula is C54H48N8O10S2. The number of hydrogen-bond acceptors (Lipinski definition) is 16. The number of anilines is 1. The molecular weight excluding hydrogens is 985 g/mol. The number of rotatable bonds is 20. The van der Waals surface area contributed by atoms with Gasteiger partial charge in [0, 0.05) is 25.2 Å². The fraction of sp³-hybridized carbons (Fsp3) is 0.185. The van der Waals surface area contributed by atoms with Crippen molar-refractivity contribution in [2.24, 2.45) is 5.16 Å². The summed E-state index contributed by atoms with van der Waals surface area (Å²) in [6.07, 6.45) is -1.40. The first-order valence-corrected chi connectivity index (χ1v) is 24.8. The maximum Gasteiger partial charge on any atom is 0.356 e. The van der Waals surface area contributed by atoms with Crippen molar-refractivity contribution < 1.29 is 38.2 Å². The number of nitrogens with one attached hydrogen (secondary N) is 3. The molecule has 7 aromatic rings. The second-order valence-electron chi connectivity index (χ2n) is 16.5. The Kier molecular flexibility index (Phi) is 15.8. The first kappa shape index (κ1) is 50.7. The number of oxime groups is 1. The van der Waals surface area contributed by atoms with Crippen molar-refractivity contribution in [3.63, 3.8) is 0 Å². The number of carbonyl (C=O) groups excluding carboxylic acids is 3. The molecule has 20 heteroatoms. The van der Waals surface area contributed by atoms with E-state index in [1.54, 1.807) is 5.38 Å². The number of carbonyl (C=O) groups is 3. The molecule has 18 nitrogen and oxygen atoms in total. The maximum absolute atomic E-state index is 14.7. The number of amides is 2. The molecule has 1 saturated heterocycles. The zero-order valence-electron chi connectivity index (χ0n) is 40.0. The summed E-state index contributed by atoms with van der Waals surface area (Å²) >= 11 is 2.19. The Labute approximate surface area is 432 Å². The highest BCUT2D eigenvalue weighted by atomic mass is 32.2. The van der Waals surface area contributed by atoms with E-state index in [2.05, 4.69) is 26.0 Å². The van der Waals surface area contributed by atoms with E-state index in [0.29, 0.717) is 16.3 Å². The number of hydrogen-bond donors (Lipinski definition) is 3. The number of benzene rings is 5. The number of thioether (sulfide) groups is 1. The number of thiazole rings is 1. The molecule has 2 aliphatic rings. The first-order valence-electron chi connectivity index (χ1n) is 23.0. The van der Waals surface area contributed by atoms with Gasteiger partial charge in [-0.05, 0) is 39.3 Å². The molecule has 0 spiro atoms. The van der Waals surface area contributed by atoms with Crippen LogP contribution in [0.15, 0.2) is 200 Å². The van der Waals surface area contributed by atoms with Gasteiger partial charge < -0.3 is 34.4 Å². The number of aromatic nitrogens is 4. The van der Waals surface area contributed by atoms with Gasteiger partial charge in [0.15, 0.2) is 40.7 Å². The summed E-state index contributed by atoms with van der Waals surface area (Å²) in [5.74, 6) is -2.33. The summed E-state index contributed by atoms with van der Waals surface area (Å²) in [4.78, 5) is 79.8. The molecule has 376 valence electrons. The molecule has 5 aromatic carbocycles. The largest absolute Gasteiger partial charge is 0.448 e. The Hall–Kier alpha value is -8.27. The van der Waals surface area contributed by atoms with Gasteiger partial charge in [-0.2, -0.15) is 0 Å². The molecule has 2 aromatic heterocycles. The third-order valence-corrected chi connectivity index (χ3v) is 13.7. The van der Waals surface area contributed by atoms with Crippen LogP contribution in [0.5, 0.6) is 0 Å². The van der Waals surface area contributed by atoms with E-state index in [1.807, 2.05) is 152 Å². The quantitative estimate of drug-likeness (QED) is 0.0111. The van der Waals surface area contributed by atoms with Crippen LogP contribution in [-0.4, -0.2) is 94.6 Å². The number of aromatic amines is 1. The summed E-state index contributed by atoms with van der Waals surface area (Å²) in [6, 6.07) is 46.9. The lowest BCUT2D eigenvalue weighted by Crippen LogP contribution is -2.73. The molecule has 9 rings (SSSR count). The van der Waals surface area contributed by atoms with E-state index >= 15 is 0 Å². The lowest BCUT2D eigenvalue weighted by Gasteiger charge is -2.49. The van der Waals surface area contributed by atoms with Crippen LogP contribution in [0.4, 0.5) is 5.13 Å². The number of β-lactam (4-membered cyclic amide) rings is 1. The Morgan fingerprint density at radius 2 is 1.39 bits per heavy atom. The van der Waals surface area contributed by atoms with Gasteiger partial charge in [0.1, 0.15) is 24.0 Å². The minimum absolute atomic E-state index is 0.0692. The van der Waals surface area contributed by atoms with Crippen LogP contribution < -0.4 is 21.8 Å². The van der Waals surface area contributed by atoms with E-state index in [1.165, 1.54) is 44.2 Å². The van der Waals surface area contributed by atoms with E-state index < -0.39 is 59.1 Å². The molecule has 2 aliphatic heterocycles. The van der Waals surface area contributed by atoms with Crippen molar-refractivity contribution in [2.75, 3.05) is 33.3 Å². The van der Waals surface area contributed by atoms with Crippen LogP contribution in [0.25, 0.3) is 0 Å². The van der Waals surface area contributed by atoms with Gasteiger partial charge in [-0.1, -0.05) is 169 Å². The fourth-order valence-electron chi connectivity index (χ4n) is 8.63. The summed E-state index contributed by atoms with van der Waals surface area (Å²) in [5, 5.41) is 20.5. The fourth-order valence-corrected chi connectivity index (χ4v) is 10.1. The molecule has 4 heterocycles. The van der Waals surface area contributed by atoms with E-state index in [9.17, 15) is 24.0 Å². The smallest absolute Gasteiger partial charge is 0.356 e. The molecule has 2 amide bonds. The third kappa shape index (κ3) is 10.5. The van der Waals surface area contributed by atoms with Crippen LogP contribution in [-0.2, 0) is 50.3 Å². The monoisotopic (exact) mass is 1030 g/mol. The molecule has 2 unspecified atom stereocenters. The predicted octanol–water partition coefficient (Wildman–Crippen LogP) is 6.34. The molecule has 3 N–H and O–H groups in total. The summed E-state index contributed by atoms with van der Waals surface area (Å²) in [5.41, 5.74) is 1.45. The lowest BCUT2D eigenvalue weighted by molar-refractivity contribution is -0.185. The number of methoxy groups -OCH3 is 2. The zero-order chi connectivity index (χ0) is 51.6. The van der Waals surface area contributed by atoms with Gasteiger partial charge in [-0.3, -0.25) is 28.6 Å². The second-order valence-corrected chi connectivity index (χ2v) is 18.3.